The van der Waals surface area contributed by atoms with Crippen molar-refractivity contribution in [3.05, 3.63) is 69.8 Å². The second-order valence-electron chi connectivity index (χ2n) is 4.33. The molecule has 0 aliphatic carbocycles. The molecule has 5 heteroatoms. The highest BCUT2D eigenvalue weighted by molar-refractivity contribution is 5.66. The zero-order chi connectivity index (χ0) is 15.2. The number of nitro benzene ring substituents is 1. The van der Waals surface area contributed by atoms with E-state index in [0.717, 1.165) is 0 Å². The number of hydrogen-bond donors (Lipinski definition) is 0. The van der Waals surface area contributed by atoms with Crippen LogP contribution in [0.5, 0.6) is 11.5 Å². The first-order valence-corrected chi connectivity index (χ1v) is 6.20. The van der Waals surface area contributed by atoms with Crippen molar-refractivity contribution in [2.75, 3.05) is 0 Å². The summed E-state index contributed by atoms with van der Waals surface area (Å²) < 4.78 is 5.63. The van der Waals surface area contributed by atoms with Crippen molar-refractivity contribution in [1.82, 2.24) is 0 Å². The molecule has 0 saturated carbocycles. The van der Waals surface area contributed by atoms with E-state index in [-0.39, 0.29) is 5.69 Å². The molecular formula is C16H12N2O3. The molecule has 0 aliphatic heterocycles. The highest BCUT2D eigenvalue weighted by Gasteiger charge is 2.13. The minimum Gasteiger partial charge on any atom is -0.457 e. The molecule has 0 radical (unpaired) electrons. The van der Waals surface area contributed by atoms with Gasteiger partial charge in [0.1, 0.15) is 11.5 Å². The predicted molar refractivity (Wildman–Crippen MR) is 78.9 cm³/mol. The lowest BCUT2D eigenvalue weighted by atomic mass is 10.1. The minimum absolute atomic E-state index is 0.0648. The molecule has 0 saturated heterocycles. The number of para-hydroxylation sites is 1. The second-order valence-corrected chi connectivity index (χ2v) is 4.33. The van der Waals surface area contributed by atoms with Gasteiger partial charge in [0.05, 0.1) is 16.6 Å². The molecule has 0 heterocycles. The third-order valence-corrected chi connectivity index (χ3v) is 2.72. The fourth-order valence-electron chi connectivity index (χ4n) is 1.77. The minimum atomic E-state index is -0.483. The number of ether oxygens (including phenoxy) is 1. The Morgan fingerprint density at radius 3 is 2.57 bits per heavy atom. The third kappa shape index (κ3) is 3.67. The maximum absolute atomic E-state index is 11.0. The monoisotopic (exact) mass is 280 g/mol. The van der Waals surface area contributed by atoms with E-state index < -0.39 is 4.92 Å². The fourth-order valence-corrected chi connectivity index (χ4v) is 1.77. The number of allylic oxidation sites excluding steroid dienone is 1. The molecule has 0 amide bonds. The standard InChI is InChI=1S/C16H12N2O3/c1-12(11-17)9-13-10-15(7-8-16(13)18(19)20)21-14-5-3-2-4-6-14/h2-10H,1H3/b12-9-. The Morgan fingerprint density at radius 1 is 1.24 bits per heavy atom. The Bertz CT molecular complexity index is 731. The maximum Gasteiger partial charge on any atom is 0.276 e. The van der Waals surface area contributed by atoms with Crippen molar-refractivity contribution in [3.8, 4) is 17.6 Å². The number of nitro groups is 1. The van der Waals surface area contributed by atoms with Gasteiger partial charge in [-0.3, -0.25) is 10.1 Å². The number of hydrogen-bond acceptors (Lipinski definition) is 4. The average molecular weight is 280 g/mol. The molecule has 0 unspecified atom stereocenters. The van der Waals surface area contributed by atoms with Crippen LogP contribution in [-0.2, 0) is 0 Å². The quantitative estimate of drug-likeness (QED) is 0.475. The summed E-state index contributed by atoms with van der Waals surface area (Å²) in [6, 6.07) is 15.5. The fraction of sp³-hybridized carbons (Fsp3) is 0.0625. The van der Waals surface area contributed by atoms with Crippen molar-refractivity contribution in [2.24, 2.45) is 0 Å². The van der Waals surface area contributed by atoms with E-state index in [4.69, 9.17) is 10.00 Å². The van der Waals surface area contributed by atoms with Crippen molar-refractivity contribution in [3.63, 3.8) is 0 Å². The molecular weight excluding hydrogens is 268 g/mol. The third-order valence-electron chi connectivity index (χ3n) is 2.72. The average Bonchev–Trinajstić information content (AvgIpc) is 2.48. The van der Waals surface area contributed by atoms with Gasteiger partial charge in [0.2, 0.25) is 0 Å². The molecule has 0 atom stereocenters. The van der Waals surface area contributed by atoms with Gasteiger partial charge in [-0.25, -0.2) is 0 Å². The van der Waals surface area contributed by atoms with Crippen molar-refractivity contribution in [2.45, 2.75) is 6.92 Å². The molecule has 104 valence electrons. The largest absolute Gasteiger partial charge is 0.457 e. The summed E-state index contributed by atoms with van der Waals surface area (Å²) >= 11 is 0. The SMILES string of the molecule is C/C(C#N)=C/c1cc(Oc2ccccc2)ccc1[N+](=O)[O-]. The van der Waals surface area contributed by atoms with E-state index in [2.05, 4.69) is 0 Å². The van der Waals surface area contributed by atoms with Gasteiger partial charge in [-0.05, 0) is 37.3 Å². The van der Waals surface area contributed by atoms with E-state index in [1.165, 1.54) is 18.2 Å². The van der Waals surface area contributed by atoms with E-state index >= 15 is 0 Å². The van der Waals surface area contributed by atoms with Gasteiger partial charge in [-0.2, -0.15) is 5.26 Å². The summed E-state index contributed by atoms with van der Waals surface area (Å²) in [4.78, 5) is 10.5. The van der Waals surface area contributed by atoms with Crippen LogP contribution in [0.1, 0.15) is 12.5 Å². The summed E-state index contributed by atoms with van der Waals surface area (Å²) in [6.07, 6.45) is 1.47. The van der Waals surface area contributed by atoms with Crippen LogP contribution in [0.2, 0.25) is 0 Å². The van der Waals surface area contributed by atoms with Crippen molar-refractivity contribution >= 4 is 11.8 Å². The topological polar surface area (TPSA) is 76.2 Å². The van der Waals surface area contributed by atoms with Crippen LogP contribution in [0.4, 0.5) is 5.69 Å². The summed E-state index contributed by atoms with van der Waals surface area (Å²) in [5, 5.41) is 19.8. The summed E-state index contributed by atoms with van der Waals surface area (Å²) in [5.74, 6) is 1.11. The van der Waals surface area contributed by atoms with Crippen LogP contribution in [0.15, 0.2) is 54.1 Å². The second kappa shape index (κ2) is 6.35. The Kier molecular flexibility index (Phi) is 4.32. The first-order valence-electron chi connectivity index (χ1n) is 6.20. The maximum atomic E-state index is 11.0. The number of benzene rings is 2. The van der Waals surface area contributed by atoms with E-state index in [1.807, 2.05) is 24.3 Å². The molecule has 0 fully saturated rings. The molecule has 0 N–H and O–H groups in total. The predicted octanol–water partition coefficient (Wildman–Crippen LogP) is 4.31. The number of nitriles is 1. The summed E-state index contributed by atoms with van der Waals surface area (Å²) in [7, 11) is 0. The van der Waals surface area contributed by atoms with Crippen LogP contribution in [0.25, 0.3) is 6.08 Å². The first kappa shape index (κ1) is 14.3. The van der Waals surface area contributed by atoms with Crippen LogP contribution in [-0.4, -0.2) is 4.92 Å². The molecule has 0 aromatic heterocycles. The first-order chi connectivity index (χ1) is 10.1. The van der Waals surface area contributed by atoms with Gasteiger partial charge < -0.3 is 4.74 Å². The summed E-state index contributed by atoms with van der Waals surface area (Å²) in [6.45, 7) is 1.59. The van der Waals surface area contributed by atoms with E-state index in [1.54, 1.807) is 25.1 Å². The van der Waals surface area contributed by atoms with Crippen LogP contribution < -0.4 is 4.74 Å². The molecule has 21 heavy (non-hydrogen) atoms. The smallest absolute Gasteiger partial charge is 0.276 e. The molecule has 2 aromatic carbocycles. The van der Waals surface area contributed by atoms with Crippen molar-refractivity contribution in [1.29, 1.82) is 5.26 Å². The molecule has 2 rings (SSSR count). The van der Waals surface area contributed by atoms with Crippen LogP contribution >= 0.6 is 0 Å². The Hall–Kier alpha value is -3.13. The van der Waals surface area contributed by atoms with Gasteiger partial charge in [0.25, 0.3) is 5.69 Å². The molecule has 0 spiro atoms. The summed E-state index contributed by atoms with van der Waals surface area (Å²) in [5.41, 5.74) is 0.660. The van der Waals surface area contributed by atoms with E-state index in [9.17, 15) is 10.1 Å². The highest BCUT2D eigenvalue weighted by atomic mass is 16.6. The van der Waals surface area contributed by atoms with E-state index in [0.29, 0.717) is 22.6 Å². The Balaban J connectivity index is 2.40. The van der Waals surface area contributed by atoms with Crippen molar-refractivity contribution < 1.29 is 9.66 Å². The van der Waals surface area contributed by atoms with Gasteiger partial charge in [0, 0.05) is 11.6 Å². The zero-order valence-electron chi connectivity index (χ0n) is 11.3. The lowest BCUT2D eigenvalue weighted by molar-refractivity contribution is -0.385. The Labute approximate surface area is 121 Å². The van der Waals surface area contributed by atoms with Gasteiger partial charge in [-0.15, -0.1) is 0 Å². The van der Waals surface area contributed by atoms with Gasteiger partial charge in [-0.1, -0.05) is 18.2 Å². The highest BCUT2D eigenvalue weighted by Crippen LogP contribution is 2.29. The van der Waals surface area contributed by atoms with Crippen LogP contribution in [0, 0.1) is 21.4 Å². The normalized spacial score (nSPS) is 10.8. The Morgan fingerprint density at radius 2 is 1.95 bits per heavy atom. The molecule has 0 aliphatic rings. The van der Waals surface area contributed by atoms with Gasteiger partial charge >= 0.3 is 0 Å². The van der Waals surface area contributed by atoms with Gasteiger partial charge in [0.15, 0.2) is 0 Å². The number of rotatable bonds is 4. The molecule has 2 aromatic rings. The lowest BCUT2D eigenvalue weighted by Gasteiger charge is -2.06. The molecule has 0 bridgehead atoms. The van der Waals surface area contributed by atoms with Crippen LogP contribution in [0.3, 0.4) is 0 Å². The zero-order valence-corrected chi connectivity index (χ0v) is 11.3. The lowest BCUT2D eigenvalue weighted by Crippen LogP contribution is -1.93. The molecule has 5 nitrogen and oxygen atoms in total. The number of nitrogens with zero attached hydrogens (tertiary/aromatic N) is 2.